The molecular formula is C16H17BrN2O3. The molecule has 0 spiro atoms. The first kappa shape index (κ1) is 16.5. The molecule has 1 aromatic carbocycles. The van der Waals surface area contributed by atoms with Crippen molar-refractivity contribution >= 4 is 27.7 Å². The van der Waals surface area contributed by atoms with E-state index < -0.39 is 12.0 Å². The Morgan fingerprint density at radius 3 is 2.86 bits per heavy atom. The van der Waals surface area contributed by atoms with E-state index in [1.54, 1.807) is 18.3 Å². The molecule has 2 rings (SSSR count). The summed E-state index contributed by atoms with van der Waals surface area (Å²) in [6.45, 7) is 1.97. The molecule has 1 atom stereocenters. The van der Waals surface area contributed by atoms with Crippen LogP contribution in [-0.2, 0) is 11.2 Å². The van der Waals surface area contributed by atoms with Crippen LogP contribution in [0.15, 0.2) is 39.6 Å². The summed E-state index contributed by atoms with van der Waals surface area (Å²) in [5.41, 5.74) is 3.43. The molecule has 1 aliphatic rings. The van der Waals surface area contributed by atoms with Crippen LogP contribution in [-0.4, -0.2) is 46.1 Å². The van der Waals surface area contributed by atoms with Crippen LogP contribution in [0, 0.1) is 0 Å². The van der Waals surface area contributed by atoms with E-state index in [4.69, 9.17) is 0 Å². The quantitative estimate of drug-likeness (QED) is 0.633. The third-order valence-electron chi connectivity index (χ3n) is 3.34. The van der Waals surface area contributed by atoms with E-state index >= 15 is 0 Å². The number of likely N-dealkylation sites (tertiary alicyclic amines) is 1. The maximum atomic E-state index is 11.7. The molecule has 1 aliphatic heterocycles. The minimum atomic E-state index is -1.24. The average molecular weight is 365 g/mol. The average Bonchev–Trinajstić information content (AvgIpc) is 3.00. The lowest BCUT2D eigenvalue weighted by atomic mass is 10.1. The van der Waals surface area contributed by atoms with Crippen molar-refractivity contribution in [3.63, 3.8) is 0 Å². The molecule has 0 bridgehead atoms. The Kier molecular flexibility index (Phi) is 5.99. The van der Waals surface area contributed by atoms with Crippen molar-refractivity contribution in [2.24, 2.45) is 4.99 Å². The Morgan fingerprint density at radius 1 is 1.45 bits per heavy atom. The lowest BCUT2D eigenvalue weighted by Gasteiger charge is -2.07. The third kappa shape index (κ3) is 4.86. The van der Waals surface area contributed by atoms with Gasteiger partial charge >= 0.3 is 0 Å². The van der Waals surface area contributed by atoms with Crippen LogP contribution in [0.2, 0.25) is 0 Å². The lowest BCUT2D eigenvalue weighted by Crippen LogP contribution is -2.20. The number of hydrogen-bond donors (Lipinski definition) is 2. The summed E-state index contributed by atoms with van der Waals surface area (Å²) in [5.74, 6) is 1.87. The molecule has 1 saturated heterocycles. The summed E-state index contributed by atoms with van der Waals surface area (Å²) in [4.78, 5) is 17.3. The highest BCUT2D eigenvalue weighted by Crippen LogP contribution is 2.24. The van der Waals surface area contributed by atoms with Crippen LogP contribution in [0.1, 0.15) is 18.4 Å². The molecule has 1 amide bonds. The summed E-state index contributed by atoms with van der Waals surface area (Å²) in [7, 11) is 0. The van der Waals surface area contributed by atoms with Crippen molar-refractivity contribution in [2.75, 3.05) is 13.1 Å². The molecule has 0 saturated carbocycles. The van der Waals surface area contributed by atoms with E-state index in [9.17, 15) is 15.0 Å². The SMILES string of the molecule is O=C(N=C=C=CN1CCCC1)[C@H](O)Cc1ccc(O)c(Br)c1. The Morgan fingerprint density at radius 2 is 2.18 bits per heavy atom. The summed E-state index contributed by atoms with van der Waals surface area (Å²) in [6, 6.07) is 4.79. The fourth-order valence-corrected chi connectivity index (χ4v) is 2.57. The molecule has 1 fully saturated rings. The molecule has 1 heterocycles. The summed E-state index contributed by atoms with van der Waals surface area (Å²) < 4.78 is 0.515. The predicted octanol–water partition coefficient (Wildman–Crippen LogP) is 2.02. The molecular weight excluding hydrogens is 348 g/mol. The van der Waals surface area contributed by atoms with E-state index in [1.165, 1.54) is 6.07 Å². The van der Waals surface area contributed by atoms with Crippen molar-refractivity contribution in [3.8, 4) is 5.75 Å². The van der Waals surface area contributed by atoms with E-state index in [2.05, 4.69) is 37.4 Å². The van der Waals surface area contributed by atoms with Gasteiger partial charge in [-0.3, -0.25) is 4.79 Å². The maximum Gasteiger partial charge on any atom is 0.283 e. The molecule has 0 radical (unpaired) electrons. The molecule has 22 heavy (non-hydrogen) atoms. The van der Waals surface area contributed by atoms with Gasteiger partial charge < -0.3 is 15.1 Å². The Bertz CT molecular complexity index is 641. The molecule has 0 aromatic heterocycles. The first-order chi connectivity index (χ1) is 10.6. The van der Waals surface area contributed by atoms with E-state index in [0.717, 1.165) is 31.5 Å². The number of phenolic OH excluding ortho intramolecular Hbond substituents is 1. The zero-order chi connectivity index (χ0) is 15.9. The van der Waals surface area contributed by atoms with Gasteiger partial charge in [0, 0.05) is 25.4 Å². The number of nitrogens with zero attached hydrogens (tertiary/aromatic N) is 2. The van der Waals surface area contributed by atoms with E-state index in [1.807, 2.05) is 0 Å². The number of carbonyl (C=O) groups is 1. The molecule has 1 aromatic rings. The zero-order valence-corrected chi connectivity index (χ0v) is 13.6. The zero-order valence-electron chi connectivity index (χ0n) is 12.0. The normalized spacial score (nSPS) is 14.9. The third-order valence-corrected chi connectivity index (χ3v) is 3.98. The largest absolute Gasteiger partial charge is 0.507 e. The summed E-state index contributed by atoms with van der Waals surface area (Å²) in [5, 5.41) is 19.2. The highest BCUT2D eigenvalue weighted by molar-refractivity contribution is 9.10. The molecule has 2 N–H and O–H groups in total. The fraction of sp³-hybridized carbons (Fsp3) is 0.375. The predicted molar refractivity (Wildman–Crippen MR) is 86.8 cm³/mol. The number of aliphatic hydroxyl groups is 1. The van der Waals surface area contributed by atoms with Gasteiger partial charge in [0.2, 0.25) is 0 Å². The van der Waals surface area contributed by atoms with Crippen LogP contribution in [0.25, 0.3) is 0 Å². The van der Waals surface area contributed by atoms with Crippen molar-refractivity contribution in [1.82, 2.24) is 4.90 Å². The summed E-state index contributed by atoms with van der Waals surface area (Å²) >= 11 is 3.19. The number of halogens is 1. The molecule has 116 valence electrons. The van der Waals surface area contributed by atoms with Gasteiger partial charge in [0.15, 0.2) is 0 Å². The molecule has 0 unspecified atom stereocenters. The summed E-state index contributed by atoms with van der Waals surface area (Å²) in [6.07, 6.45) is 2.94. The van der Waals surface area contributed by atoms with Gasteiger partial charge in [0.1, 0.15) is 11.9 Å². The topological polar surface area (TPSA) is 73.1 Å². The monoisotopic (exact) mass is 364 g/mol. The number of benzene rings is 1. The van der Waals surface area contributed by atoms with Gasteiger partial charge in [-0.1, -0.05) is 6.07 Å². The van der Waals surface area contributed by atoms with Crippen LogP contribution >= 0.6 is 15.9 Å². The second kappa shape index (κ2) is 7.97. The standard InChI is InChI=1S/C16H17BrN2O3/c17-13-10-12(4-5-14(13)20)11-15(21)16(22)18-6-3-9-19-7-1-2-8-19/h4-5,9-10,15,20-21H,1-2,7-8,11H2/t15-/m1/s1. The highest BCUT2D eigenvalue weighted by Gasteiger charge is 2.15. The van der Waals surface area contributed by atoms with E-state index in [-0.39, 0.29) is 12.2 Å². The van der Waals surface area contributed by atoms with Crippen molar-refractivity contribution in [3.05, 3.63) is 40.2 Å². The first-order valence-electron chi connectivity index (χ1n) is 7.04. The molecule has 5 nitrogen and oxygen atoms in total. The number of aliphatic imine (C=N–C) groups is 1. The minimum absolute atomic E-state index is 0.109. The van der Waals surface area contributed by atoms with Crippen molar-refractivity contribution in [2.45, 2.75) is 25.4 Å². The first-order valence-corrected chi connectivity index (χ1v) is 7.83. The van der Waals surface area contributed by atoms with Gasteiger partial charge in [-0.15, -0.1) is 0 Å². The second-order valence-corrected chi connectivity index (χ2v) is 5.94. The van der Waals surface area contributed by atoms with Gasteiger partial charge in [-0.25, -0.2) is 0 Å². The number of amides is 1. The highest BCUT2D eigenvalue weighted by atomic mass is 79.9. The van der Waals surface area contributed by atoms with Crippen LogP contribution < -0.4 is 0 Å². The number of hydrogen-bond acceptors (Lipinski definition) is 4. The van der Waals surface area contributed by atoms with Gasteiger partial charge in [-0.05, 0) is 52.2 Å². The fourth-order valence-electron chi connectivity index (χ4n) is 2.14. The smallest absolute Gasteiger partial charge is 0.283 e. The number of aromatic hydroxyl groups is 1. The van der Waals surface area contributed by atoms with Gasteiger partial charge in [0.25, 0.3) is 5.91 Å². The Hall–Kier alpha value is -1.84. The Balaban J connectivity index is 1.93. The second-order valence-electron chi connectivity index (χ2n) is 5.08. The van der Waals surface area contributed by atoms with Crippen molar-refractivity contribution in [1.29, 1.82) is 0 Å². The van der Waals surface area contributed by atoms with Crippen molar-refractivity contribution < 1.29 is 15.0 Å². The number of rotatable bonds is 4. The van der Waals surface area contributed by atoms with Crippen LogP contribution in [0.3, 0.4) is 0 Å². The number of carbonyl (C=O) groups excluding carboxylic acids is 1. The lowest BCUT2D eigenvalue weighted by molar-refractivity contribution is -0.125. The van der Waals surface area contributed by atoms with Crippen LogP contribution in [0.4, 0.5) is 0 Å². The number of aliphatic hydroxyl groups excluding tert-OH is 1. The maximum absolute atomic E-state index is 11.7. The minimum Gasteiger partial charge on any atom is -0.507 e. The van der Waals surface area contributed by atoms with E-state index in [0.29, 0.717) is 4.47 Å². The Labute approximate surface area is 137 Å². The number of phenols is 1. The van der Waals surface area contributed by atoms with Gasteiger partial charge in [0.05, 0.1) is 10.7 Å². The van der Waals surface area contributed by atoms with Crippen LogP contribution in [0.5, 0.6) is 5.75 Å². The van der Waals surface area contributed by atoms with Gasteiger partial charge in [-0.2, -0.15) is 4.99 Å². The molecule has 6 heteroatoms. The molecule has 0 aliphatic carbocycles.